The van der Waals surface area contributed by atoms with Crippen LogP contribution in [0, 0.1) is 13.8 Å². The van der Waals surface area contributed by atoms with Crippen molar-refractivity contribution in [1.82, 2.24) is 0 Å². The number of ether oxygens (including phenoxy) is 1. The third kappa shape index (κ3) is 3.51. The molecule has 104 valence electrons. The number of hydrogen-bond acceptors (Lipinski definition) is 3. The molecule has 4 heteroatoms. The lowest BCUT2D eigenvalue weighted by Gasteiger charge is -2.10. The van der Waals surface area contributed by atoms with Gasteiger partial charge in [-0.05, 0) is 37.6 Å². The molecule has 4 nitrogen and oxygen atoms in total. The number of hydrogen-bond donors (Lipinski definition) is 2. The molecule has 0 bridgehead atoms. The molecule has 0 saturated heterocycles. The lowest BCUT2D eigenvalue weighted by Crippen LogP contribution is -2.20. The predicted molar refractivity (Wildman–Crippen MR) is 78.1 cm³/mol. The molecule has 0 unspecified atom stereocenters. The fraction of sp³-hybridized carbons (Fsp3) is 0.188. The first-order valence-corrected chi connectivity index (χ1v) is 6.34. The molecular weight excluding hydrogens is 254 g/mol. The standard InChI is InChI=1S/C16H17NO3/c1-11-7-8-15(12(2)9-11)20-10-16(19)17-13-5-3-4-6-14(13)18/h3-9,18H,10H2,1-2H3,(H,17,19). The van der Waals surface area contributed by atoms with E-state index in [9.17, 15) is 9.90 Å². The Morgan fingerprint density at radius 2 is 1.95 bits per heavy atom. The Morgan fingerprint density at radius 1 is 1.20 bits per heavy atom. The fourth-order valence-electron chi connectivity index (χ4n) is 1.87. The van der Waals surface area contributed by atoms with Crippen molar-refractivity contribution >= 4 is 11.6 Å². The molecule has 0 aliphatic rings. The molecule has 0 saturated carbocycles. The van der Waals surface area contributed by atoms with E-state index in [1.54, 1.807) is 18.2 Å². The van der Waals surface area contributed by atoms with E-state index in [1.165, 1.54) is 6.07 Å². The summed E-state index contributed by atoms with van der Waals surface area (Å²) in [6.45, 7) is 3.84. The van der Waals surface area contributed by atoms with Crippen LogP contribution < -0.4 is 10.1 Å². The number of anilines is 1. The maximum atomic E-state index is 11.8. The zero-order valence-corrected chi connectivity index (χ0v) is 11.5. The van der Waals surface area contributed by atoms with Crippen molar-refractivity contribution in [3.8, 4) is 11.5 Å². The van der Waals surface area contributed by atoms with Gasteiger partial charge in [0.15, 0.2) is 6.61 Å². The van der Waals surface area contributed by atoms with Gasteiger partial charge in [0.05, 0.1) is 5.69 Å². The summed E-state index contributed by atoms with van der Waals surface area (Å²) in [4.78, 5) is 11.8. The van der Waals surface area contributed by atoms with Crippen LogP contribution in [-0.2, 0) is 4.79 Å². The van der Waals surface area contributed by atoms with Crippen molar-refractivity contribution in [3.63, 3.8) is 0 Å². The molecule has 0 heterocycles. The summed E-state index contributed by atoms with van der Waals surface area (Å²) in [5.41, 5.74) is 2.51. The number of benzene rings is 2. The van der Waals surface area contributed by atoms with Gasteiger partial charge in [0.25, 0.3) is 5.91 Å². The Labute approximate surface area is 118 Å². The van der Waals surface area contributed by atoms with Gasteiger partial charge in [-0.1, -0.05) is 29.8 Å². The summed E-state index contributed by atoms with van der Waals surface area (Å²) in [7, 11) is 0. The van der Waals surface area contributed by atoms with E-state index in [1.807, 2.05) is 32.0 Å². The molecule has 2 aromatic carbocycles. The van der Waals surface area contributed by atoms with Gasteiger partial charge in [0.2, 0.25) is 0 Å². The van der Waals surface area contributed by atoms with Crippen LogP contribution in [0.1, 0.15) is 11.1 Å². The van der Waals surface area contributed by atoms with Gasteiger partial charge in [-0.25, -0.2) is 0 Å². The van der Waals surface area contributed by atoms with Crippen molar-refractivity contribution in [2.45, 2.75) is 13.8 Å². The van der Waals surface area contributed by atoms with E-state index in [0.717, 1.165) is 11.1 Å². The van der Waals surface area contributed by atoms with Gasteiger partial charge in [-0.15, -0.1) is 0 Å². The highest BCUT2D eigenvalue weighted by Crippen LogP contribution is 2.22. The van der Waals surface area contributed by atoms with Crippen LogP contribution in [0.15, 0.2) is 42.5 Å². The molecule has 0 fully saturated rings. The Kier molecular flexibility index (Phi) is 4.25. The lowest BCUT2D eigenvalue weighted by molar-refractivity contribution is -0.118. The number of rotatable bonds is 4. The van der Waals surface area contributed by atoms with Crippen LogP contribution in [0.3, 0.4) is 0 Å². The fourth-order valence-corrected chi connectivity index (χ4v) is 1.87. The number of aryl methyl sites for hydroxylation is 2. The SMILES string of the molecule is Cc1ccc(OCC(=O)Nc2ccccc2O)c(C)c1. The molecule has 0 radical (unpaired) electrons. The third-order valence-electron chi connectivity index (χ3n) is 2.87. The third-order valence-corrected chi connectivity index (χ3v) is 2.87. The minimum Gasteiger partial charge on any atom is -0.506 e. The Hall–Kier alpha value is -2.49. The van der Waals surface area contributed by atoms with Gasteiger partial charge in [0, 0.05) is 0 Å². The van der Waals surface area contributed by atoms with Crippen LogP contribution in [0.25, 0.3) is 0 Å². The van der Waals surface area contributed by atoms with Crippen LogP contribution in [-0.4, -0.2) is 17.6 Å². The van der Waals surface area contributed by atoms with Crippen LogP contribution in [0.4, 0.5) is 5.69 Å². The number of aromatic hydroxyl groups is 1. The van der Waals surface area contributed by atoms with Crippen molar-refractivity contribution < 1.29 is 14.6 Å². The van der Waals surface area contributed by atoms with Gasteiger partial charge < -0.3 is 15.2 Å². The molecule has 0 spiro atoms. The second-order valence-electron chi connectivity index (χ2n) is 4.62. The minimum absolute atomic E-state index is 0.0346. The first-order chi connectivity index (χ1) is 9.56. The van der Waals surface area contributed by atoms with E-state index in [0.29, 0.717) is 11.4 Å². The van der Waals surface area contributed by atoms with E-state index >= 15 is 0 Å². The molecule has 0 aromatic heterocycles. The highest BCUT2D eigenvalue weighted by molar-refractivity contribution is 5.93. The first kappa shape index (κ1) is 13.9. The molecule has 20 heavy (non-hydrogen) atoms. The summed E-state index contributed by atoms with van der Waals surface area (Å²) in [6.07, 6.45) is 0. The number of carbonyl (C=O) groups is 1. The lowest BCUT2D eigenvalue weighted by atomic mass is 10.1. The molecule has 2 rings (SSSR count). The van der Waals surface area contributed by atoms with Crippen LogP contribution in [0.5, 0.6) is 11.5 Å². The van der Waals surface area contributed by atoms with Crippen molar-refractivity contribution in [2.75, 3.05) is 11.9 Å². The monoisotopic (exact) mass is 271 g/mol. The molecule has 0 atom stereocenters. The average Bonchev–Trinajstić information content (AvgIpc) is 2.40. The molecule has 0 aliphatic carbocycles. The quantitative estimate of drug-likeness (QED) is 0.840. The number of phenols is 1. The minimum atomic E-state index is -0.313. The maximum absolute atomic E-state index is 11.8. The molecule has 2 N–H and O–H groups in total. The number of amides is 1. The Bertz CT molecular complexity index is 623. The summed E-state index contributed by atoms with van der Waals surface area (Å²) >= 11 is 0. The Balaban J connectivity index is 1.94. The summed E-state index contributed by atoms with van der Waals surface area (Å²) in [5.74, 6) is 0.405. The van der Waals surface area contributed by atoms with Crippen molar-refractivity contribution in [1.29, 1.82) is 0 Å². The molecule has 2 aromatic rings. The first-order valence-electron chi connectivity index (χ1n) is 6.34. The Morgan fingerprint density at radius 3 is 2.65 bits per heavy atom. The van der Waals surface area contributed by atoms with E-state index in [4.69, 9.17) is 4.74 Å². The number of carbonyl (C=O) groups excluding carboxylic acids is 1. The second kappa shape index (κ2) is 6.10. The number of nitrogens with one attached hydrogen (secondary N) is 1. The summed E-state index contributed by atoms with van der Waals surface area (Å²) in [5, 5.41) is 12.2. The van der Waals surface area contributed by atoms with Crippen LogP contribution in [0.2, 0.25) is 0 Å². The van der Waals surface area contributed by atoms with E-state index in [-0.39, 0.29) is 18.3 Å². The van der Waals surface area contributed by atoms with Crippen molar-refractivity contribution in [3.05, 3.63) is 53.6 Å². The topological polar surface area (TPSA) is 58.6 Å². The van der Waals surface area contributed by atoms with E-state index in [2.05, 4.69) is 5.32 Å². The highest BCUT2D eigenvalue weighted by Gasteiger charge is 2.07. The largest absolute Gasteiger partial charge is 0.506 e. The summed E-state index contributed by atoms with van der Waals surface area (Å²) < 4.78 is 5.47. The number of phenolic OH excluding ortho intramolecular Hbond substituents is 1. The molecule has 0 aliphatic heterocycles. The van der Waals surface area contributed by atoms with Gasteiger partial charge in [-0.3, -0.25) is 4.79 Å². The predicted octanol–water partition coefficient (Wildman–Crippen LogP) is 3.03. The van der Waals surface area contributed by atoms with Gasteiger partial charge >= 0.3 is 0 Å². The second-order valence-corrected chi connectivity index (χ2v) is 4.62. The summed E-state index contributed by atoms with van der Waals surface area (Å²) in [6, 6.07) is 12.3. The maximum Gasteiger partial charge on any atom is 0.262 e. The van der Waals surface area contributed by atoms with Gasteiger partial charge in [-0.2, -0.15) is 0 Å². The molecule has 1 amide bonds. The normalized spacial score (nSPS) is 10.1. The van der Waals surface area contributed by atoms with E-state index < -0.39 is 0 Å². The zero-order valence-electron chi connectivity index (χ0n) is 11.5. The van der Waals surface area contributed by atoms with Crippen molar-refractivity contribution in [2.24, 2.45) is 0 Å². The number of para-hydroxylation sites is 2. The molecular formula is C16H17NO3. The zero-order chi connectivity index (χ0) is 14.5. The average molecular weight is 271 g/mol. The highest BCUT2D eigenvalue weighted by atomic mass is 16.5. The van der Waals surface area contributed by atoms with Crippen LogP contribution >= 0.6 is 0 Å². The smallest absolute Gasteiger partial charge is 0.262 e. The van der Waals surface area contributed by atoms with Gasteiger partial charge in [0.1, 0.15) is 11.5 Å².